The van der Waals surface area contributed by atoms with E-state index < -0.39 is 0 Å². The van der Waals surface area contributed by atoms with Crippen LogP contribution >= 0.6 is 0 Å². The zero-order valence-corrected chi connectivity index (χ0v) is 17.4. The molecular formula is C24H30N2O3. The normalized spacial score (nSPS) is 18.1. The first-order valence-electron chi connectivity index (χ1n) is 10.6. The topological polar surface area (TPSA) is 42.0 Å². The zero-order chi connectivity index (χ0) is 20.2. The van der Waals surface area contributed by atoms with Crippen molar-refractivity contribution in [2.45, 2.75) is 31.7 Å². The lowest BCUT2D eigenvalue weighted by atomic mass is 10.0. The Morgan fingerprint density at radius 1 is 0.828 bits per heavy atom. The molecule has 0 aromatic heterocycles. The molecule has 0 amide bonds. The van der Waals surface area contributed by atoms with E-state index in [-0.39, 0.29) is 5.78 Å². The molecule has 5 nitrogen and oxygen atoms in total. The quantitative estimate of drug-likeness (QED) is 0.693. The van der Waals surface area contributed by atoms with E-state index >= 15 is 0 Å². The summed E-state index contributed by atoms with van der Waals surface area (Å²) < 4.78 is 10.6. The van der Waals surface area contributed by atoms with E-state index in [4.69, 9.17) is 9.47 Å². The predicted molar refractivity (Wildman–Crippen MR) is 115 cm³/mol. The van der Waals surface area contributed by atoms with Crippen LogP contribution in [-0.2, 0) is 0 Å². The monoisotopic (exact) mass is 394 g/mol. The van der Waals surface area contributed by atoms with Gasteiger partial charge in [-0.2, -0.15) is 0 Å². The van der Waals surface area contributed by atoms with Crippen molar-refractivity contribution in [3.8, 4) is 11.5 Å². The molecule has 1 saturated carbocycles. The predicted octanol–water partition coefficient (Wildman–Crippen LogP) is 4.00. The molecule has 2 aromatic carbocycles. The third-order valence-corrected chi connectivity index (χ3v) is 6.30. The van der Waals surface area contributed by atoms with Gasteiger partial charge in [0, 0.05) is 49.0 Å². The maximum Gasteiger partial charge on any atom is 0.193 e. The molecule has 2 fully saturated rings. The van der Waals surface area contributed by atoms with Gasteiger partial charge in [-0.3, -0.25) is 9.69 Å². The molecule has 5 heteroatoms. The molecule has 29 heavy (non-hydrogen) atoms. The number of anilines is 1. The third kappa shape index (κ3) is 4.25. The van der Waals surface area contributed by atoms with E-state index in [0.717, 1.165) is 32.2 Å². The molecule has 0 atom stereocenters. The van der Waals surface area contributed by atoms with Crippen molar-refractivity contribution in [1.82, 2.24) is 4.90 Å². The summed E-state index contributed by atoms with van der Waals surface area (Å²) in [7, 11) is 3.17. The van der Waals surface area contributed by atoms with Crippen LogP contribution in [-0.4, -0.2) is 57.1 Å². The smallest absolute Gasteiger partial charge is 0.193 e. The van der Waals surface area contributed by atoms with Gasteiger partial charge in [-0.15, -0.1) is 0 Å². The molecular weight excluding hydrogens is 364 g/mol. The van der Waals surface area contributed by atoms with Crippen molar-refractivity contribution in [2.75, 3.05) is 45.3 Å². The van der Waals surface area contributed by atoms with Gasteiger partial charge in [-0.1, -0.05) is 12.8 Å². The molecule has 2 aromatic rings. The first-order valence-corrected chi connectivity index (χ1v) is 10.6. The number of ether oxygens (including phenoxy) is 2. The van der Waals surface area contributed by atoms with Crippen LogP contribution in [0.1, 0.15) is 41.6 Å². The van der Waals surface area contributed by atoms with Gasteiger partial charge in [0.1, 0.15) is 0 Å². The van der Waals surface area contributed by atoms with Crippen LogP contribution in [0.4, 0.5) is 5.69 Å². The van der Waals surface area contributed by atoms with Crippen LogP contribution in [0.5, 0.6) is 11.5 Å². The van der Waals surface area contributed by atoms with E-state index in [1.54, 1.807) is 32.4 Å². The second-order valence-corrected chi connectivity index (χ2v) is 7.91. The maximum absolute atomic E-state index is 12.9. The van der Waals surface area contributed by atoms with Gasteiger partial charge in [0.15, 0.2) is 17.3 Å². The van der Waals surface area contributed by atoms with Gasteiger partial charge < -0.3 is 14.4 Å². The summed E-state index contributed by atoms with van der Waals surface area (Å²) in [5, 5.41) is 0. The second-order valence-electron chi connectivity index (χ2n) is 7.91. The number of ketones is 1. The fraction of sp³-hybridized carbons (Fsp3) is 0.458. The minimum Gasteiger partial charge on any atom is -0.493 e. The Morgan fingerprint density at radius 2 is 1.45 bits per heavy atom. The Morgan fingerprint density at radius 3 is 2.07 bits per heavy atom. The third-order valence-electron chi connectivity index (χ3n) is 6.30. The zero-order valence-electron chi connectivity index (χ0n) is 17.4. The number of piperazine rings is 1. The molecule has 1 aliphatic heterocycles. The van der Waals surface area contributed by atoms with Crippen LogP contribution in [0.25, 0.3) is 0 Å². The van der Waals surface area contributed by atoms with Crippen LogP contribution in [0.2, 0.25) is 0 Å². The van der Waals surface area contributed by atoms with Crippen molar-refractivity contribution in [3.05, 3.63) is 53.6 Å². The van der Waals surface area contributed by atoms with Crippen LogP contribution in [0.15, 0.2) is 42.5 Å². The lowest BCUT2D eigenvalue weighted by molar-refractivity contribution is 0.103. The Bertz CT molecular complexity index is 836. The van der Waals surface area contributed by atoms with E-state index in [1.807, 2.05) is 12.1 Å². The van der Waals surface area contributed by atoms with Gasteiger partial charge in [0.05, 0.1) is 14.2 Å². The lowest BCUT2D eigenvalue weighted by Gasteiger charge is -2.39. The Hall–Kier alpha value is -2.53. The number of rotatable bonds is 6. The van der Waals surface area contributed by atoms with Gasteiger partial charge in [-0.05, 0) is 55.3 Å². The first-order chi connectivity index (χ1) is 14.2. The fourth-order valence-electron chi connectivity index (χ4n) is 4.58. The maximum atomic E-state index is 12.9. The van der Waals surface area contributed by atoms with Gasteiger partial charge in [0.2, 0.25) is 0 Å². The Kier molecular flexibility index (Phi) is 6.05. The van der Waals surface area contributed by atoms with E-state index in [1.165, 1.54) is 31.4 Å². The van der Waals surface area contributed by atoms with Crippen molar-refractivity contribution >= 4 is 11.5 Å². The number of benzene rings is 2. The molecule has 154 valence electrons. The highest BCUT2D eigenvalue weighted by Gasteiger charge is 2.26. The average molecular weight is 395 g/mol. The van der Waals surface area contributed by atoms with Crippen LogP contribution in [0.3, 0.4) is 0 Å². The number of hydrogen-bond acceptors (Lipinski definition) is 5. The van der Waals surface area contributed by atoms with Crippen molar-refractivity contribution in [2.24, 2.45) is 0 Å². The van der Waals surface area contributed by atoms with E-state index in [2.05, 4.69) is 21.9 Å². The summed E-state index contributed by atoms with van der Waals surface area (Å²) in [6.07, 6.45) is 5.51. The van der Waals surface area contributed by atoms with Gasteiger partial charge >= 0.3 is 0 Å². The van der Waals surface area contributed by atoms with Crippen molar-refractivity contribution in [3.63, 3.8) is 0 Å². The summed E-state index contributed by atoms with van der Waals surface area (Å²) in [5.74, 6) is 1.18. The molecule has 4 rings (SSSR count). The number of hydrogen-bond donors (Lipinski definition) is 0. The summed E-state index contributed by atoms with van der Waals surface area (Å²) in [6.45, 7) is 4.38. The van der Waals surface area contributed by atoms with Crippen LogP contribution < -0.4 is 14.4 Å². The van der Waals surface area contributed by atoms with Gasteiger partial charge in [-0.25, -0.2) is 0 Å². The minimum absolute atomic E-state index is 0.0106. The highest BCUT2D eigenvalue weighted by Crippen LogP contribution is 2.29. The average Bonchev–Trinajstić information content (AvgIpc) is 3.33. The Balaban J connectivity index is 1.41. The van der Waals surface area contributed by atoms with Crippen LogP contribution in [0, 0.1) is 0 Å². The van der Waals surface area contributed by atoms with E-state index in [9.17, 15) is 4.79 Å². The first kappa shape index (κ1) is 19.8. The molecule has 2 aliphatic rings. The molecule has 0 unspecified atom stereocenters. The van der Waals surface area contributed by atoms with Crippen molar-refractivity contribution < 1.29 is 14.3 Å². The SMILES string of the molecule is COc1ccc(C(=O)c2ccc(N3CCN(C4CCCC4)CC3)cc2)cc1OC. The van der Waals surface area contributed by atoms with Crippen molar-refractivity contribution in [1.29, 1.82) is 0 Å². The standard InChI is InChI=1S/C24H30N2O3/c1-28-22-12-9-19(17-23(22)29-2)24(27)18-7-10-21(11-8-18)26-15-13-25(14-16-26)20-5-3-4-6-20/h7-12,17,20H,3-6,13-16H2,1-2H3. The number of carbonyl (C=O) groups excluding carboxylic acids is 1. The molecule has 1 aliphatic carbocycles. The van der Waals surface area contributed by atoms with E-state index in [0.29, 0.717) is 22.6 Å². The summed E-state index contributed by atoms with van der Waals surface area (Å²) in [4.78, 5) is 18.0. The summed E-state index contributed by atoms with van der Waals surface area (Å²) in [5.41, 5.74) is 2.48. The summed E-state index contributed by atoms with van der Waals surface area (Å²) in [6, 6.07) is 14.1. The highest BCUT2D eigenvalue weighted by atomic mass is 16.5. The molecule has 0 N–H and O–H groups in total. The molecule has 0 radical (unpaired) electrons. The fourth-order valence-corrected chi connectivity index (χ4v) is 4.58. The molecule has 1 heterocycles. The largest absolute Gasteiger partial charge is 0.493 e. The number of carbonyl (C=O) groups is 1. The highest BCUT2D eigenvalue weighted by molar-refractivity contribution is 6.09. The lowest BCUT2D eigenvalue weighted by Crippen LogP contribution is -2.49. The molecule has 0 spiro atoms. The minimum atomic E-state index is -0.0106. The Labute approximate surface area is 173 Å². The summed E-state index contributed by atoms with van der Waals surface area (Å²) >= 11 is 0. The second kappa shape index (κ2) is 8.87. The molecule has 0 bridgehead atoms. The number of methoxy groups -OCH3 is 2. The number of nitrogens with zero attached hydrogens (tertiary/aromatic N) is 2. The molecule has 1 saturated heterocycles. The van der Waals surface area contributed by atoms with Gasteiger partial charge in [0.25, 0.3) is 0 Å².